The Balaban J connectivity index is 1.66. The second-order valence-corrected chi connectivity index (χ2v) is 7.92. The van der Waals surface area contributed by atoms with Crippen LogP contribution in [0, 0.1) is 12.7 Å². The Bertz CT molecular complexity index is 906. The summed E-state index contributed by atoms with van der Waals surface area (Å²) in [6, 6.07) is 9.82. The first-order valence-electron chi connectivity index (χ1n) is 7.94. The van der Waals surface area contributed by atoms with Crippen molar-refractivity contribution in [3.8, 4) is 5.69 Å². The standard InChI is InChI=1S/C18H18BrFN4OS/c1-12-7-17(24(22-12)15-5-3-14(20)4-6-15)21-18(25)10-23(2)9-16-8-13(19)11-26-16/h3-8,11H,9-10H2,1-2H3,(H,21,25). The summed E-state index contributed by atoms with van der Waals surface area (Å²) in [7, 11) is 1.90. The van der Waals surface area contributed by atoms with E-state index in [1.54, 1.807) is 34.2 Å². The number of nitrogens with zero attached hydrogens (tertiary/aromatic N) is 3. The minimum atomic E-state index is -0.315. The van der Waals surface area contributed by atoms with Crippen molar-refractivity contribution in [2.45, 2.75) is 13.5 Å². The molecule has 0 aliphatic carbocycles. The molecule has 0 bridgehead atoms. The van der Waals surface area contributed by atoms with Gasteiger partial charge in [-0.2, -0.15) is 5.10 Å². The third-order valence-electron chi connectivity index (χ3n) is 3.63. The summed E-state index contributed by atoms with van der Waals surface area (Å²) in [4.78, 5) is 15.5. The van der Waals surface area contributed by atoms with Gasteiger partial charge in [0.1, 0.15) is 11.6 Å². The zero-order valence-electron chi connectivity index (χ0n) is 14.4. The molecule has 0 aliphatic heterocycles. The van der Waals surface area contributed by atoms with Crippen LogP contribution < -0.4 is 5.32 Å². The lowest BCUT2D eigenvalue weighted by atomic mass is 10.3. The number of aromatic nitrogens is 2. The van der Waals surface area contributed by atoms with Crippen LogP contribution in [0.4, 0.5) is 10.2 Å². The van der Waals surface area contributed by atoms with Gasteiger partial charge >= 0.3 is 0 Å². The zero-order valence-corrected chi connectivity index (χ0v) is 16.8. The minimum absolute atomic E-state index is 0.133. The topological polar surface area (TPSA) is 50.2 Å². The molecule has 1 aromatic carbocycles. The van der Waals surface area contributed by atoms with Gasteiger partial charge in [-0.05, 0) is 60.2 Å². The number of benzene rings is 1. The molecule has 0 saturated heterocycles. The van der Waals surface area contributed by atoms with Crippen molar-refractivity contribution < 1.29 is 9.18 Å². The maximum Gasteiger partial charge on any atom is 0.239 e. The van der Waals surface area contributed by atoms with E-state index in [0.717, 1.165) is 10.2 Å². The highest BCUT2D eigenvalue weighted by molar-refractivity contribution is 9.10. The molecule has 1 N–H and O–H groups in total. The normalized spacial score (nSPS) is 11.1. The van der Waals surface area contributed by atoms with Crippen molar-refractivity contribution in [3.63, 3.8) is 0 Å². The minimum Gasteiger partial charge on any atom is -0.309 e. The van der Waals surface area contributed by atoms with E-state index in [1.165, 1.54) is 17.0 Å². The number of carbonyl (C=O) groups is 1. The number of anilines is 1. The Labute approximate surface area is 163 Å². The molecule has 5 nitrogen and oxygen atoms in total. The number of amides is 1. The van der Waals surface area contributed by atoms with Gasteiger partial charge in [-0.1, -0.05) is 0 Å². The zero-order chi connectivity index (χ0) is 18.7. The van der Waals surface area contributed by atoms with Crippen LogP contribution in [-0.2, 0) is 11.3 Å². The number of carbonyl (C=O) groups excluding carboxylic acids is 1. The highest BCUT2D eigenvalue weighted by Gasteiger charge is 2.13. The maximum atomic E-state index is 13.1. The number of likely N-dealkylation sites (N-methyl/N-ethyl adjacent to an activating group) is 1. The lowest BCUT2D eigenvalue weighted by Gasteiger charge is -2.15. The second kappa shape index (κ2) is 8.11. The molecular weight excluding hydrogens is 419 g/mol. The van der Waals surface area contributed by atoms with Crippen LogP contribution >= 0.6 is 27.3 Å². The Morgan fingerprint density at radius 2 is 2.08 bits per heavy atom. The van der Waals surface area contributed by atoms with E-state index in [-0.39, 0.29) is 18.3 Å². The Kier molecular flexibility index (Phi) is 5.85. The number of halogens is 2. The average Bonchev–Trinajstić information content (AvgIpc) is 3.13. The number of thiophene rings is 1. The molecule has 2 heterocycles. The van der Waals surface area contributed by atoms with Gasteiger partial charge in [-0.3, -0.25) is 9.69 Å². The summed E-state index contributed by atoms with van der Waals surface area (Å²) in [5.74, 6) is 0.114. The van der Waals surface area contributed by atoms with Crippen molar-refractivity contribution in [1.82, 2.24) is 14.7 Å². The van der Waals surface area contributed by atoms with Gasteiger partial charge in [0.2, 0.25) is 5.91 Å². The van der Waals surface area contributed by atoms with Gasteiger partial charge in [0, 0.05) is 27.3 Å². The molecular formula is C18H18BrFN4OS. The van der Waals surface area contributed by atoms with Crippen molar-refractivity contribution in [2.75, 3.05) is 18.9 Å². The van der Waals surface area contributed by atoms with E-state index in [9.17, 15) is 9.18 Å². The molecule has 26 heavy (non-hydrogen) atoms. The van der Waals surface area contributed by atoms with Crippen LogP contribution in [0.25, 0.3) is 5.69 Å². The van der Waals surface area contributed by atoms with Crippen molar-refractivity contribution >= 4 is 39.0 Å². The van der Waals surface area contributed by atoms with Crippen LogP contribution in [0.15, 0.2) is 46.3 Å². The molecule has 0 saturated carbocycles. The van der Waals surface area contributed by atoms with Crippen molar-refractivity contribution in [3.05, 3.63) is 62.6 Å². The predicted molar refractivity (Wildman–Crippen MR) is 105 cm³/mol. The summed E-state index contributed by atoms with van der Waals surface area (Å²) < 4.78 is 15.8. The third kappa shape index (κ3) is 4.78. The highest BCUT2D eigenvalue weighted by Crippen LogP contribution is 2.21. The molecule has 0 fully saturated rings. The van der Waals surface area contributed by atoms with Gasteiger partial charge < -0.3 is 5.32 Å². The Hall–Kier alpha value is -2.03. The van der Waals surface area contributed by atoms with Crippen LogP contribution in [0.2, 0.25) is 0 Å². The van der Waals surface area contributed by atoms with Crippen molar-refractivity contribution in [1.29, 1.82) is 0 Å². The van der Waals surface area contributed by atoms with Crippen LogP contribution in [0.1, 0.15) is 10.6 Å². The Morgan fingerprint density at radius 1 is 1.35 bits per heavy atom. The summed E-state index contributed by atoms with van der Waals surface area (Å²) in [5, 5.41) is 9.28. The fourth-order valence-corrected chi connectivity index (χ4v) is 4.08. The molecule has 0 spiro atoms. The number of aryl methyl sites for hydroxylation is 1. The molecule has 1 amide bonds. The predicted octanol–water partition coefficient (Wildman–Crippen LogP) is 4.21. The number of rotatable bonds is 6. The number of nitrogens with one attached hydrogen (secondary N) is 1. The summed E-state index contributed by atoms with van der Waals surface area (Å²) in [6.07, 6.45) is 0. The van der Waals surface area contributed by atoms with E-state index < -0.39 is 0 Å². The van der Waals surface area contributed by atoms with E-state index in [0.29, 0.717) is 18.1 Å². The summed E-state index contributed by atoms with van der Waals surface area (Å²) in [6.45, 7) is 2.79. The number of hydrogen-bond donors (Lipinski definition) is 1. The lowest BCUT2D eigenvalue weighted by Crippen LogP contribution is -2.30. The van der Waals surface area contributed by atoms with Crippen LogP contribution in [0.5, 0.6) is 0 Å². The SMILES string of the molecule is Cc1cc(NC(=O)CN(C)Cc2cc(Br)cs2)n(-c2ccc(F)cc2)n1. The molecule has 0 aliphatic rings. The average molecular weight is 437 g/mol. The quantitative estimate of drug-likeness (QED) is 0.629. The van der Waals surface area contributed by atoms with Crippen LogP contribution in [-0.4, -0.2) is 34.2 Å². The van der Waals surface area contributed by atoms with Gasteiger partial charge in [-0.25, -0.2) is 9.07 Å². The monoisotopic (exact) mass is 436 g/mol. The van der Waals surface area contributed by atoms with E-state index in [1.807, 2.05) is 30.3 Å². The molecule has 0 radical (unpaired) electrons. The molecule has 8 heteroatoms. The van der Waals surface area contributed by atoms with E-state index in [2.05, 4.69) is 26.3 Å². The van der Waals surface area contributed by atoms with Crippen molar-refractivity contribution in [2.24, 2.45) is 0 Å². The van der Waals surface area contributed by atoms with Gasteiger partial charge in [0.25, 0.3) is 0 Å². The third-order valence-corrected chi connectivity index (χ3v) is 5.31. The fraction of sp³-hybridized carbons (Fsp3) is 0.222. The van der Waals surface area contributed by atoms with Gasteiger partial charge in [-0.15, -0.1) is 11.3 Å². The first-order valence-corrected chi connectivity index (χ1v) is 9.62. The van der Waals surface area contributed by atoms with Gasteiger partial charge in [0.05, 0.1) is 17.9 Å². The van der Waals surface area contributed by atoms with E-state index in [4.69, 9.17) is 0 Å². The maximum absolute atomic E-state index is 13.1. The molecule has 0 unspecified atom stereocenters. The lowest BCUT2D eigenvalue weighted by molar-refractivity contribution is -0.117. The molecule has 3 aromatic rings. The highest BCUT2D eigenvalue weighted by atomic mass is 79.9. The largest absolute Gasteiger partial charge is 0.309 e. The van der Waals surface area contributed by atoms with Gasteiger partial charge in [0.15, 0.2) is 0 Å². The summed E-state index contributed by atoms with van der Waals surface area (Å²) >= 11 is 5.08. The molecule has 2 aromatic heterocycles. The molecule has 0 atom stereocenters. The molecule has 3 rings (SSSR count). The first-order chi connectivity index (χ1) is 12.4. The first kappa shape index (κ1) is 18.8. The molecule has 136 valence electrons. The fourth-order valence-electron chi connectivity index (χ4n) is 2.55. The second-order valence-electron chi connectivity index (χ2n) is 6.01. The van der Waals surface area contributed by atoms with E-state index >= 15 is 0 Å². The van der Waals surface area contributed by atoms with Crippen LogP contribution in [0.3, 0.4) is 0 Å². The number of hydrogen-bond acceptors (Lipinski definition) is 4. The summed E-state index contributed by atoms with van der Waals surface area (Å²) in [5.41, 5.74) is 1.45. The Morgan fingerprint density at radius 3 is 2.73 bits per heavy atom. The smallest absolute Gasteiger partial charge is 0.239 e.